The summed E-state index contributed by atoms with van der Waals surface area (Å²) in [7, 11) is 4.89. The topological polar surface area (TPSA) is 51.2 Å². The van der Waals surface area contributed by atoms with Crippen molar-refractivity contribution in [2.75, 3.05) is 47.5 Å². The molecule has 1 aliphatic heterocycles. The summed E-state index contributed by atoms with van der Waals surface area (Å²) >= 11 is 1.68. The van der Waals surface area contributed by atoms with Crippen LogP contribution in [-0.4, -0.2) is 63.2 Å². The summed E-state index contributed by atoms with van der Waals surface area (Å²) in [5, 5.41) is 0. The van der Waals surface area contributed by atoms with Gasteiger partial charge in [-0.05, 0) is 30.5 Å². The maximum Gasteiger partial charge on any atom is 0.264 e. The highest BCUT2D eigenvalue weighted by molar-refractivity contribution is 7.14. The molecule has 0 atom stereocenters. The van der Waals surface area contributed by atoms with Crippen LogP contribution in [0.15, 0.2) is 18.2 Å². The molecule has 0 spiro atoms. The van der Waals surface area contributed by atoms with Crippen LogP contribution in [0.25, 0.3) is 0 Å². The fourth-order valence-electron chi connectivity index (χ4n) is 4.10. The summed E-state index contributed by atoms with van der Waals surface area (Å²) in [6.45, 7) is 8.22. The normalized spacial score (nSPS) is 14.5. The Hall–Kier alpha value is -2.25. The number of amides is 1. The number of benzene rings is 1. The largest absolute Gasteiger partial charge is 0.493 e. The molecule has 7 heteroatoms. The SMILES string of the molecule is CCCc1sc(C(=O)N2CCN(Cc3ccc(OC)c(OC)c3OC)CC2)cc1CC. The van der Waals surface area contributed by atoms with Crippen LogP contribution in [0.4, 0.5) is 0 Å². The van der Waals surface area contributed by atoms with E-state index in [-0.39, 0.29) is 5.91 Å². The number of carbonyl (C=O) groups excluding carboxylic acids is 1. The minimum Gasteiger partial charge on any atom is -0.493 e. The lowest BCUT2D eigenvalue weighted by atomic mass is 10.1. The van der Waals surface area contributed by atoms with E-state index in [2.05, 4.69) is 24.8 Å². The van der Waals surface area contributed by atoms with E-state index in [1.807, 2.05) is 17.0 Å². The molecular formula is C24H34N2O4S. The molecule has 1 aromatic heterocycles. The highest BCUT2D eigenvalue weighted by Gasteiger charge is 2.25. The van der Waals surface area contributed by atoms with Gasteiger partial charge in [-0.25, -0.2) is 0 Å². The molecule has 2 aromatic rings. The van der Waals surface area contributed by atoms with Crippen molar-refractivity contribution >= 4 is 17.2 Å². The lowest BCUT2D eigenvalue weighted by Gasteiger charge is -2.34. The summed E-state index contributed by atoms with van der Waals surface area (Å²) in [5.41, 5.74) is 2.38. The quantitative estimate of drug-likeness (QED) is 0.577. The van der Waals surface area contributed by atoms with Crippen LogP contribution < -0.4 is 14.2 Å². The van der Waals surface area contributed by atoms with Gasteiger partial charge >= 0.3 is 0 Å². The van der Waals surface area contributed by atoms with E-state index in [0.717, 1.165) is 62.4 Å². The summed E-state index contributed by atoms with van der Waals surface area (Å²) in [4.78, 5) is 19.7. The first kappa shape index (κ1) is 23.4. The molecule has 170 valence electrons. The van der Waals surface area contributed by atoms with Crippen molar-refractivity contribution in [2.24, 2.45) is 0 Å². The minimum atomic E-state index is 0.172. The summed E-state index contributed by atoms with van der Waals surface area (Å²) in [6.07, 6.45) is 3.15. The van der Waals surface area contributed by atoms with E-state index in [9.17, 15) is 4.79 Å². The summed E-state index contributed by atoms with van der Waals surface area (Å²) in [6, 6.07) is 6.04. The van der Waals surface area contributed by atoms with Gasteiger partial charge in [0, 0.05) is 43.2 Å². The van der Waals surface area contributed by atoms with E-state index in [1.165, 1.54) is 10.4 Å². The smallest absolute Gasteiger partial charge is 0.264 e. The molecule has 1 aliphatic rings. The van der Waals surface area contributed by atoms with Gasteiger partial charge < -0.3 is 19.1 Å². The average molecular weight is 447 g/mol. The van der Waals surface area contributed by atoms with Crippen molar-refractivity contribution in [1.29, 1.82) is 0 Å². The fourth-order valence-corrected chi connectivity index (χ4v) is 5.43. The van der Waals surface area contributed by atoms with E-state index in [0.29, 0.717) is 17.2 Å². The Bertz CT molecular complexity index is 888. The Kier molecular flexibility index (Phi) is 8.21. The molecule has 6 nitrogen and oxygen atoms in total. The highest BCUT2D eigenvalue weighted by atomic mass is 32.1. The Balaban J connectivity index is 1.64. The molecule has 1 aromatic carbocycles. The first-order valence-corrected chi connectivity index (χ1v) is 11.8. The van der Waals surface area contributed by atoms with Gasteiger partial charge in [-0.2, -0.15) is 0 Å². The van der Waals surface area contributed by atoms with Crippen molar-refractivity contribution in [1.82, 2.24) is 9.80 Å². The molecule has 3 rings (SSSR count). The van der Waals surface area contributed by atoms with Crippen LogP contribution in [0.2, 0.25) is 0 Å². The maximum absolute atomic E-state index is 13.1. The minimum absolute atomic E-state index is 0.172. The van der Waals surface area contributed by atoms with E-state index < -0.39 is 0 Å². The third-order valence-corrected chi connectivity index (χ3v) is 7.03. The number of ether oxygens (including phenoxy) is 3. The fraction of sp³-hybridized carbons (Fsp3) is 0.542. The Morgan fingerprint density at radius 1 is 0.968 bits per heavy atom. The van der Waals surface area contributed by atoms with Crippen LogP contribution in [0.3, 0.4) is 0 Å². The number of methoxy groups -OCH3 is 3. The molecule has 31 heavy (non-hydrogen) atoms. The Morgan fingerprint density at radius 3 is 2.26 bits per heavy atom. The van der Waals surface area contributed by atoms with Crippen molar-refractivity contribution in [3.63, 3.8) is 0 Å². The highest BCUT2D eigenvalue weighted by Crippen LogP contribution is 2.40. The molecule has 0 unspecified atom stereocenters. The van der Waals surface area contributed by atoms with Gasteiger partial charge in [0.05, 0.1) is 26.2 Å². The van der Waals surface area contributed by atoms with Crippen molar-refractivity contribution in [3.8, 4) is 17.2 Å². The standard InChI is InChI=1S/C24H34N2O4S/c1-6-8-20-17(7-2)15-21(31-20)24(27)26-13-11-25(12-14-26)16-18-9-10-19(28-3)23(30-5)22(18)29-4/h9-10,15H,6-8,11-14,16H2,1-5H3. The number of aryl methyl sites for hydroxylation is 2. The van der Waals surface area contributed by atoms with Gasteiger partial charge in [-0.1, -0.05) is 26.3 Å². The second-order valence-corrected chi connectivity index (χ2v) is 8.86. The molecule has 2 heterocycles. The molecule has 1 saturated heterocycles. The number of hydrogen-bond donors (Lipinski definition) is 0. The van der Waals surface area contributed by atoms with Gasteiger partial charge in [0.2, 0.25) is 5.75 Å². The number of nitrogens with zero attached hydrogens (tertiary/aromatic N) is 2. The van der Waals surface area contributed by atoms with Crippen LogP contribution in [0.5, 0.6) is 17.2 Å². The first-order chi connectivity index (χ1) is 15.1. The zero-order valence-electron chi connectivity index (χ0n) is 19.3. The summed E-state index contributed by atoms with van der Waals surface area (Å²) < 4.78 is 16.5. The number of thiophene rings is 1. The molecule has 1 amide bonds. The average Bonchev–Trinajstić information content (AvgIpc) is 3.21. The monoisotopic (exact) mass is 446 g/mol. The maximum atomic E-state index is 13.1. The Morgan fingerprint density at radius 2 is 1.68 bits per heavy atom. The number of hydrogen-bond acceptors (Lipinski definition) is 6. The molecule has 1 fully saturated rings. The number of piperazine rings is 1. The lowest BCUT2D eigenvalue weighted by Crippen LogP contribution is -2.48. The van der Waals surface area contributed by atoms with Gasteiger partial charge in [0.1, 0.15) is 0 Å². The molecule has 0 saturated carbocycles. The molecule has 0 radical (unpaired) electrons. The second-order valence-electron chi connectivity index (χ2n) is 7.72. The third kappa shape index (κ3) is 5.15. The molecule has 0 aliphatic carbocycles. The van der Waals surface area contributed by atoms with Crippen LogP contribution >= 0.6 is 11.3 Å². The zero-order chi connectivity index (χ0) is 22.4. The number of carbonyl (C=O) groups is 1. The van der Waals surface area contributed by atoms with E-state index in [1.54, 1.807) is 32.7 Å². The van der Waals surface area contributed by atoms with Crippen LogP contribution in [0.1, 0.15) is 45.9 Å². The second kappa shape index (κ2) is 10.9. The van der Waals surface area contributed by atoms with Gasteiger partial charge in [-0.3, -0.25) is 9.69 Å². The van der Waals surface area contributed by atoms with Gasteiger partial charge in [-0.15, -0.1) is 11.3 Å². The van der Waals surface area contributed by atoms with Crippen LogP contribution in [0, 0.1) is 0 Å². The summed E-state index contributed by atoms with van der Waals surface area (Å²) in [5.74, 6) is 2.15. The van der Waals surface area contributed by atoms with E-state index >= 15 is 0 Å². The molecule has 0 N–H and O–H groups in total. The number of rotatable bonds is 9. The van der Waals surface area contributed by atoms with Crippen LogP contribution in [-0.2, 0) is 19.4 Å². The predicted molar refractivity (Wildman–Crippen MR) is 125 cm³/mol. The predicted octanol–water partition coefficient (Wildman–Crippen LogP) is 4.25. The zero-order valence-corrected chi connectivity index (χ0v) is 20.1. The van der Waals surface area contributed by atoms with Crippen molar-refractivity contribution in [3.05, 3.63) is 39.1 Å². The van der Waals surface area contributed by atoms with Crippen molar-refractivity contribution < 1.29 is 19.0 Å². The first-order valence-electron chi connectivity index (χ1n) is 11.0. The lowest BCUT2D eigenvalue weighted by molar-refractivity contribution is 0.0632. The van der Waals surface area contributed by atoms with Gasteiger partial charge in [0.25, 0.3) is 5.91 Å². The molecular weight excluding hydrogens is 412 g/mol. The van der Waals surface area contributed by atoms with E-state index in [4.69, 9.17) is 14.2 Å². The van der Waals surface area contributed by atoms with Crippen molar-refractivity contribution in [2.45, 2.75) is 39.7 Å². The Labute approximate surface area is 189 Å². The van der Waals surface area contributed by atoms with Gasteiger partial charge in [0.15, 0.2) is 11.5 Å². The molecule has 0 bridgehead atoms. The third-order valence-electron chi connectivity index (χ3n) is 5.80.